The summed E-state index contributed by atoms with van der Waals surface area (Å²) in [4.78, 5) is 58.4. The lowest BCUT2D eigenvalue weighted by Gasteiger charge is -2.49. The number of β-lactam (4-membered cyclic amide) rings is 1. The topological polar surface area (TPSA) is 132 Å². The van der Waals surface area contributed by atoms with Crippen molar-refractivity contribution in [3.8, 4) is 0 Å². The van der Waals surface area contributed by atoms with E-state index in [0.717, 1.165) is 23.1 Å². The van der Waals surface area contributed by atoms with Gasteiger partial charge in [0.25, 0.3) is 5.69 Å². The quantitative estimate of drug-likeness (QED) is 0.0763. The van der Waals surface area contributed by atoms with Crippen LogP contribution in [0.3, 0.4) is 0 Å². The molecule has 0 radical (unpaired) electrons. The van der Waals surface area contributed by atoms with Gasteiger partial charge >= 0.3 is 11.9 Å². The first kappa shape index (κ1) is 31.7. The van der Waals surface area contributed by atoms with E-state index < -0.39 is 31.1 Å². The van der Waals surface area contributed by atoms with E-state index in [0.29, 0.717) is 18.7 Å². The molecule has 1 aromatic carbocycles. The Kier molecular flexibility index (Phi) is 9.76. The first-order valence-electron chi connectivity index (χ1n) is 14.3. The van der Waals surface area contributed by atoms with E-state index >= 15 is 0 Å². The van der Waals surface area contributed by atoms with Crippen LogP contribution in [0.15, 0.2) is 47.1 Å². The number of hydrogen-bond acceptors (Lipinski definition) is 10. The van der Waals surface area contributed by atoms with E-state index in [1.165, 1.54) is 40.5 Å². The number of benzene rings is 1. The molecule has 2 aromatic rings. The van der Waals surface area contributed by atoms with Gasteiger partial charge in [0.15, 0.2) is 8.32 Å². The SMILES string of the molecule is CC[Si](CC)(CC)O[C@H](C)[C@H]1C(=O)N2C(C(=O)OC(=O)c3ccc([N+](=O)[O-])cc3)=C(CN(C)Cc3nccs3)[C@H](C)[C@H]12. The average molecular weight is 615 g/mol. The number of carbonyl (C=O) groups is 3. The predicted molar refractivity (Wildman–Crippen MR) is 160 cm³/mol. The van der Waals surface area contributed by atoms with Crippen molar-refractivity contribution in [2.75, 3.05) is 13.6 Å². The van der Waals surface area contributed by atoms with E-state index in [1.807, 2.05) is 31.2 Å². The summed E-state index contributed by atoms with van der Waals surface area (Å²) in [6, 6.07) is 7.41. The summed E-state index contributed by atoms with van der Waals surface area (Å²) in [5, 5.41) is 13.8. The van der Waals surface area contributed by atoms with Crippen molar-refractivity contribution in [3.63, 3.8) is 0 Å². The highest BCUT2D eigenvalue weighted by Crippen LogP contribution is 2.48. The van der Waals surface area contributed by atoms with Gasteiger partial charge in [0.05, 0.1) is 35.1 Å². The second kappa shape index (κ2) is 12.9. The van der Waals surface area contributed by atoms with Crippen molar-refractivity contribution in [1.82, 2.24) is 14.8 Å². The van der Waals surface area contributed by atoms with Crippen LogP contribution in [0, 0.1) is 22.0 Å². The normalized spacial score (nSPS) is 20.9. The number of aromatic nitrogens is 1. The van der Waals surface area contributed by atoms with Gasteiger partial charge in [0.1, 0.15) is 10.7 Å². The van der Waals surface area contributed by atoms with Gasteiger partial charge in [-0.3, -0.25) is 19.8 Å². The van der Waals surface area contributed by atoms with Crippen LogP contribution in [-0.2, 0) is 25.3 Å². The molecule has 1 fully saturated rings. The Labute approximate surface area is 250 Å². The fourth-order valence-corrected chi connectivity index (χ4v) is 9.75. The molecule has 11 nitrogen and oxygen atoms in total. The molecule has 2 aliphatic rings. The van der Waals surface area contributed by atoms with Crippen LogP contribution in [0.2, 0.25) is 18.1 Å². The number of non-ortho nitro benzene ring substituents is 1. The molecule has 1 amide bonds. The number of esters is 2. The highest BCUT2D eigenvalue weighted by atomic mass is 32.1. The Morgan fingerprint density at radius 2 is 1.79 bits per heavy atom. The zero-order valence-corrected chi connectivity index (χ0v) is 26.7. The summed E-state index contributed by atoms with van der Waals surface area (Å²) in [5.74, 6) is -2.65. The summed E-state index contributed by atoms with van der Waals surface area (Å²) >= 11 is 1.53. The minimum absolute atomic E-state index is 0.00517. The van der Waals surface area contributed by atoms with E-state index in [2.05, 4.69) is 25.8 Å². The molecule has 226 valence electrons. The molecule has 0 N–H and O–H groups in total. The number of ether oxygens (including phenoxy) is 1. The van der Waals surface area contributed by atoms with Crippen LogP contribution < -0.4 is 0 Å². The van der Waals surface area contributed by atoms with Crippen LogP contribution in [0.1, 0.15) is 50.0 Å². The van der Waals surface area contributed by atoms with Crippen molar-refractivity contribution >= 4 is 43.2 Å². The van der Waals surface area contributed by atoms with Gasteiger partial charge < -0.3 is 14.1 Å². The van der Waals surface area contributed by atoms with Crippen LogP contribution in [0.4, 0.5) is 5.69 Å². The van der Waals surface area contributed by atoms with Crippen molar-refractivity contribution < 1.29 is 28.5 Å². The summed E-state index contributed by atoms with van der Waals surface area (Å²) < 4.78 is 11.9. The van der Waals surface area contributed by atoms with Crippen LogP contribution in [-0.4, -0.2) is 71.6 Å². The van der Waals surface area contributed by atoms with E-state index in [1.54, 1.807) is 6.20 Å². The Bertz CT molecular complexity index is 1350. The lowest BCUT2D eigenvalue weighted by atomic mass is 9.77. The molecular formula is C29H38N4O7SSi. The lowest BCUT2D eigenvalue weighted by molar-refractivity contribution is -0.384. The Morgan fingerprint density at radius 3 is 2.33 bits per heavy atom. The largest absolute Gasteiger partial charge is 0.413 e. The van der Waals surface area contributed by atoms with Crippen LogP contribution in [0.5, 0.6) is 0 Å². The highest BCUT2D eigenvalue weighted by molar-refractivity contribution is 7.09. The maximum absolute atomic E-state index is 13.7. The second-order valence-corrected chi connectivity index (χ2v) is 16.7. The monoisotopic (exact) mass is 614 g/mol. The second-order valence-electron chi connectivity index (χ2n) is 11.0. The molecule has 0 saturated carbocycles. The maximum Gasteiger partial charge on any atom is 0.362 e. The molecule has 4 atom stereocenters. The van der Waals surface area contributed by atoms with E-state index in [9.17, 15) is 24.5 Å². The molecule has 0 aliphatic carbocycles. The number of fused-ring (bicyclic) bond motifs is 1. The number of thiazole rings is 1. The van der Waals surface area contributed by atoms with Gasteiger partial charge in [-0.05, 0) is 49.8 Å². The predicted octanol–water partition coefficient (Wildman–Crippen LogP) is 5.01. The smallest absolute Gasteiger partial charge is 0.362 e. The number of amides is 1. The minimum Gasteiger partial charge on any atom is -0.413 e. The fraction of sp³-hybridized carbons (Fsp3) is 0.517. The Hall–Kier alpha value is -3.26. The van der Waals surface area contributed by atoms with Gasteiger partial charge in [-0.2, -0.15) is 0 Å². The minimum atomic E-state index is -1.99. The number of likely N-dealkylation sites (N-methyl/N-ethyl adjacent to an activating group) is 1. The highest BCUT2D eigenvalue weighted by Gasteiger charge is 2.61. The van der Waals surface area contributed by atoms with Crippen LogP contribution in [0.25, 0.3) is 0 Å². The molecule has 0 unspecified atom stereocenters. The lowest BCUT2D eigenvalue weighted by Crippen LogP contribution is -2.65. The summed E-state index contributed by atoms with van der Waals surface area (Å²) in [5.41, 5.74) is 0.614. The van der Waals surface area contributed by atoms with Gasteiger partial charge in [-0.25, -0.2) is 14.6 Å². The third-order valence-corrected chi connectivity index (χ3v) is 14.2. The molecule has 3 heterocycles. The molecule has 1 saturated heterocycles. The molecule has 0 bridgehead atoms. The maximum atomic E-state index is 13.7. The van der Waals surface area contributed by atoms with E-state index in [4.69, 9.17) is 9.16 Å². The van der Waals surface area contributed by atoms with Crippen molar-refractivity contribution in [3.05, 3.63) is 67.8 Å². The third-order valence-electron chi connectivity index (χ3n) is 8.69. The molecule has 0 spiro atoms. The number of carbonyl (C=O) groups excluding carboxylic acids is 3. The van der Waals surface area contributed by atoms with Crippen LogP contribution >= 0.6 is 11.3 Å². The zero-order valence-electron chi connectivity index (χ0n) is 24.9. The van der Waals surface area contributed by atoms with Gasteiger partial charge in [-0.15, -0.1) is 11.3 Å². The summed E-state index contributed by atoms with van der Waals surface area (Å²) in [6.07, 6.45) is 1.43. The number of rotatable bonds is 13. The van der Waals surface area contributed by atoms with Gasteiger partial charge in [-0.1, -0.05) is 27.7 Å². The number of nitrogens with zero attached hydrogens (tertiary/aromatic N) is 4. The number of hydrogen-bond donors (Lipinski definition) is 0. The summed E-state index contributed by atoms with van der Waals surface area (Å²) in [7, 11) is -0.0740. The van der Waals surface area contributed by atoms with Crippen molar-refractivity contribution in [2.45, 2.75) is 71.4 Å². The number of nitro benzene ring substituents is 1. The molecule has 13 heteroatoms. The molecule has 42 heavy (non-hydrogen) atoms. The van der Waals surface area contributed by atoms with Crippen molar-refractivity contribution in [2.24, 2.45) is 11.8 Å². The average Bonchev–Trinajstić information content (AvgIpc) is 3.56. The molecule has 1 aromatic heterocycles. The third kappa shape index (κ3) is 6.09. The molecule has 2 aliphatic heterocycles. The zero-order chi connectivity index (χ0) is 30.8. The van der Waals surface area contributed by atoms with Gasteiger partial charge in [0, 0.05) is 36.2 Å². The Morgan fingerprint density at radius 1 is 1.14 bits per heavy atom. The number of nitro groups is 1. The molecule has 4 rings (SSSR count). The Balaban J connectivity index is 1.60. The first-order chi connectivity index (χ1) is 20.0. The molecular weight excluding hydrogens is 576 g/mol. The van der Waals surface area contributed by atoms with Gasteiger partial charge in [0.2, 0.25) is 5.91 Å². The summed E-state index contributed by atoms with van der Waals surface area (Å²) in [6.45, 7) is 11.3. The first-order valence-corrected chi connectivity index (χ1v) is 17.7. The fourth-order valence-electron chi connectivity index (χ4n) is 6.12. The van der Waals surface area contributed by atoms with E-state index in [-0.39, 0.29) is 40.9 Å². The standard InChI is InChI=1S/C29H38N4O7SSi/c1-7-42(8-2,9-3)40-19(5)24-25-18(4)22(16-31(6)17-23-30-14-15-41-23)26(32(25)27(24)34)29(36)39-28(35)20-10-12-21(13-11-20)33(37)38/h10-15,18-19,24-25H,7-9,16-17H2,1-6H3/t18-,19+,24+,25+/m0/s1. The van der Waals surface area contributed by atoms with Crippen molar-refractivity contribution in [1.29, 1.82) is 0 Å².